The molecule has 0 spiro atoms. The first kappa shape index (κ1) is 22.7. The summed E-state index contributed by atoms with van der Waals surface area (Å²) >= 11 is 0. The van der Waals surface area contributed by atoms with Crippen molar-refractivity contribution in [2.45, 2.75) is 31.2 Å². The molecule has 4 aromatic rings. The molecule has 0 atom stereocenters. The van der Waals surface area contributed by atoms with Gasteiger partial charge in [0.2, 0.25) is 5.91 Å². The van der Waals surface area contributed by atoms with E-state index in [1.54, 1.807) is 0 Å². The summed E-state index contributed by atoms with van der Waals surface area (Å²) in [6.45, 7) is 0. The summed E-state index contributed by atoms with van der Waals surface area (Å²) in [5.41, 5.74) is 3.69. The molecule has 1 saturated carbocycles. The summed E-state index contributed by atoms with van der Waals surface area (Å²) in [6.07, 6.45) is 1.97. The van der Waals surface area contributed by atoms with E-state index in [0.717, 1.165) is 40.6 Å². The van der Waals surface area contributed by atoms with E-state index in [0.29, 0.717) is 11.4 Å². The van der Waals surface area contributed by atoms with Crippen LogP contribution in [0.3, 0.4) is 0 Å². The van der Waals surface area contributed by atoms with Crippen LogP contribution in [-0.2, 0) is 11.2 Å². The summed E-state index contributed by atoms with van der Waals surface area (Å²) in [4.78, 5) is 27.2. The number of amides is 2. The molecule has 35 heavy (non-hydrogen) atoms. The second-order valence-electron chi connectivity index (χ2n) is 9.35. The Morgan fingerprint density at radius 2 is 1.74 bits per heavy atom. The maximum atomic E-state index is 12.6. The van der Waals surface area contributed by atoms with Crippen molar-refractivity contribution in [3.8, 4) is 0 Å². The third kappa shape index (κ3) is 5.04. The maximum Gasteiger partial charge on any atom is 0.251 e. The van der Waals surface area contributed by atoms with Crippen molar-refractivity contribution in [3.05, 3.63) is 89.6 Å². The van der Waals surface area contributed by atoms with Crippen LogP contribution in [0.25, 0.3) is 10.8 Å². The standard InChI is InChI=1S/C28H29N5O2/c1-33(2)23-12-10-19(11-13-23)28(35)29-22-14-21(15-22)25-17-26(32-31-25)30-27(34)16-20-8-5-7-18-6-3-4-9-24(18)20/h3-13,17,21-22H,14-16H2,1-2H3,(H,29,35)(H2,30,31,32,34). The highest BCUT2D eigenvalue weighted by atomic mass is 16.2. The Hall–Kier alpha value is -4.13. The molecule has 1 fully saturated rings. The number of aromatic nitrogens is 2. The van der Waals surface area contributed by atoms with E-state index in [1.165, 1.54) is 0 Å². The van der Waals surface area contributed by atoms with Gasteiger partial charge in [-0.15, -0.1) is 0 Å². The Kier molecular flexibility index (Phi) is 6.23. The predicted octanol–water partition coefficient (Wildman–Crippen LogP) is 4.49. The number of nitrogens with zero attached hydrogens (tertiary/aromatic N) is 2. The predicted molar refractivity (Wildman–Crippen MR) is 139 cm³/mol. The molecule has 1 aromatic heterocycles. The van der Waals surface area contributed by atoms with E-state index in [1.807, 2.05) is 91.8 Å². The molecule has 178 valence electrons. The number of carbonyl (C=O) groups excluding carboxylic acids is 2. The number of H-pyrrole nitrogens is 1. The molecule has 0 aliphatic heterocycles. The molecule has 1 aliphatic carbocycles. The molecule has 0 bridgehead atoms. The van der Waals surface area contributed by atoms with E-state index in [-0.39, 0.29) is 30.2 Å². The van der Waals surface area contributed by atoms with Crippen LogP contribution >= 0.6 is 0 Å². The van der Waals surface area contributed by atoms with Crippen LogP contribution in [0.15, 0.2) is 72.8 Å². The normalized spacial score (nSPS) is 17.0. The van der Waals surface area contributed by atoms with E-state index in [4.69, 9.17) is 0 Å². The molecule has 3 N–H and O–H groups in total. The quantitative estimate of drug-likeness (QED) is 0.374. The average Bonchev–Trinajstić information content (AvgIpc) is 3.28. The topological polar surface area (TPSA) is 90.1 Å². The lowest BCUT2D eigenvalue weighted by Crippen LogP contribution is -2.43. The van der Waals surface area contributed by atoms with Crippen LogP contribution in [0.5, 0.6) is 0 Å². The third-order valence-electron chi connectivity index (χ3n) is 6.66. The Morgan fingerprint density at radius 3 is 2.51 bits per heavy atom. The highest BCUT2D eigenvalue weighted by molar-refractivity contribution is 5.96. The van der Waals surface area contributed by atoms with Gasteiger partial charge in [0, 0.05) is 49.1 Å². The Labute approximate surface area is 204 Å². The lowest BCUT2D eigenvalue weighted by atomic mass is 9.78. The van der Waals surface area contributed by atoms with Gasteiger partial charge >= 0.3 is 0 Å². The van der Waals surface area contributed by atoms with Crippen molar-refractivity contribution in [1.82, 2.24) is 15.5 Å². The second kappa shape index (κ2) is 9.62. The fraction of sp³-hybridized carbons (Fsp3) is 0.250. The van der Waals surface area contributed by atoms with Crippen LogP contribution < -0.4 is 15.5 Å². The lowest BCUT2D eigenvalue weighted by Gasteiger charge is -2.35. The van der Waals surface area contributed by atoms with Gasteiger partial charge in [-0.1, -0.05) is 42.5 Å². The van der Waals surface area contributed by atoms with Crippen molar-refractivity contribution in [3.63, 3.8) is 0 Å². The van der Waals surface area contributed by atoms with Gasteiger partial charge in [-0.25, -0.2) is 0 Å². The molecular formula is C28H29N5O2. The number of anilines is 2. The van der Waals surface area contributed by atoms with Crippen LogP contribution in [-0.4, -0.2) is 42.1 Å². The van der Waals surface area contributed by atoms with Crippen LogP contribution in [0.1, 0.15) is 40.4 Å². The summed E-state index contributed by atoms with van der Waals surface area (Å²) in [7, 11) is 3.95. The maximum absolute atomic E-state index is 12.6. The molecule has 7 nitrogen and oxygen atoms in total. The van der Waals surface area contributed by atoms with Gasteiger partial charge < -0.3 is 15.5 Å². The second-order valence-corrected chi connectivity index (χ2v) is 9.35. The largest absolute Gasteiger partial charge is 0.378 e. The van der Waals surface area contributed by atoms with Gasteiger partial charge in [0.1, 0.15) is 0 Å². The van der Waals surface area contributed by atoms with Gasteiger partial charge in [-0.05, 0) is 53.4 Å². The minimum atomic E-state index is -0.0987. The molecule has 0 saturated heterocycles. The fourth-order valence-electron chi connectivity index (χ4n) is 4.59. The van der Waals surface area contributed by atoms with Crippen LogP contribution in [0.2, 0.25) is 0 Å². The smallest absolute Gasteiger partial charge is 0.251 e. The first-order valence-electron chi connectivity index (χ1n) is 11.9. The van der Waals surface area contributed by atoms with Gasteiger partial charge in [-0.3, -0.25) is 14.7 Å². The molecule has 5 rings (SSSR count). The summed E-state index contributed by atoms with van der Waals surface area (Å²) in [6, 6.07) is 23.7. The SMILES string of the molecule is CN(C)c1ccc(C(=O)NC2CC(c3cc(NC(=O)Cc4cccc5ccccc45)n[nH]3)C2)cc1. The Morgan fingerprint density at radius 1 is 1.00 bits per heavy atom. The Balaban J connectivity index is 1.12. The fourth-order valence-corrected chi connectivity index (χ4v) is 4.59. The van der Waals surface area contributed by atoms with E-state index in [9.17, 15) is 9.59 Å². The number of rotatable bonds is 7. The van der Waals surface area contributed by atoms with Crippen molar-refractivity contribution in [2.24, 2.45) is 0 Å². The first-order chi connectivity index (χ1) is 17.0. The zero-order valence-corrected chi connectivity index (χ0v) is 19.9. The highest BCUT2D eigenvalue weighted by Crippen LogP contribution is 2.36. The molecule has 1 aliphatic rings. The number of hydrogen-bond donors (Lipinski definition) is 3. The zero-order valence-electron chi connectivity index (χ0n) is 19.9. The van der Waals surface area contributed by atoms with Crippen molar-refractivity contribution in [2.75, 3.05) is 24.3 Å². The molecule has 2 amide bonds. The molecule has 0 radical (unpaired) electrons. The lowest BCUT2D eigenvalue weighted by molar-refractivity contribution is -0.115. The minimum Gasteiger partial charge on any atom is -0.378 e. The van der Waals surface area contributed by atoms with Crippen LogP contribution in [0.4, 0.5) is 11.5 Å². The Bertz CT molecular complexity index is 1350. The number of benzene rings is 3. The zero-order chi connectivity index (χ0) is 24.4. The number of nitrogens with one attached hydrogen (secondary N) is 3. The molecule has 0 unspecified atom stereocenters. The first-order valence-corrected chi connectivity index (χ1v) is 11.9. The van der Waals surface area contributed by atoms with Gasteiger partial charge in [0.15, 0.2) is 5.82 Å². The molecule has 7 heteroatoms. The summed E-state index contributed by atoms with van der Waals surface area (Å²) in [5, 5.41) is 15.5. The number of fused-ring (bicyclic) bond motifs is 1. The van der Waals surface area contributed by atoms with Crippen molar-refractivity contribution >= 4 is 34.1 Å². The van der Waals surface area contributed by atoms with Gasteiger partial charge in [-0.2, -0.15) is 5.10 Å². The average molecular weight is 468 g/mol. The monoisotopic (exact) mass is 467 g/mol. The van der Waals surface area contributed by atoms with Crippen molar-refractivity contribution in [1.29, 1.82) is 0 Å². The van der Waals surface area contributed by atoms with E-state index in [2.05, 4.69) is 20.8 Å². The van der Waals surface area contributed by atoms with E-state index >= 15 is 0 Å². The molecular weight excluding hydrogens is 438 g/mol. The minimum absolute atomic E-state index is 0.0512. The summed E-state index contributed by atoms with van der Waals surface area (Å²) < 4.78 is 0. The number of aromatic amines is 1. The molecule has 1 heterocycles. The third-order valence-corrected chi connectivity index (χ3v) is 6.66. The van der Waals surface area contributed by atoms with E-state index < -0.39 is 0 Å². The van der Waals surface area contributed by atoms with Crippen molar-refractivity contribution < 1.29 is 9.59 Å². The number of carbonyl (C=O) groups is 2. The number of hydrogen-bond acceptors (Lipinski definition) is 4. The van der Waals surface area contributed by atoms with Crippen LogP contribution in [0, 0.1) is 0 Å². The highest BCUT2D eigenvalue weighted by Gasteiger charge is 2.33. The van der Waals surface area contributed by atoms with Gasteiger partial charge in [0.25, 0.3) is 5.91 Å². The molecule has 3 aromatic carbocycles. The van der Waals surface area contributed by atoms with Gasteiger partial charge in [0.05, 0.1) is 6.42 Å². The summed E-state index contributed by atoms with van der Waals surface area (Å²) in [5.74, 6) is 0.662.